The third-order valence-electron chi connectivity index (χ3n) is 4.33. The predicted octanol–water partition coefficient (Wildman–Crippen LogP) is 4.62. The van der Waals surface area contributed by atoms with Crippen LogP contribution in [0.4, 0.5) is 5.69 Å². The van der Waals surface area contributed by atoms with Crippen molar-refractivity contribution in [3.05, 3.63) is 54.1 Å². The molecule has 1 aromatic heterocycles. The number of aromatic nitrogens is 1. The van der Waals surface area contributed by atoms with Crippen LogP contribution in [0.5, 0.6) is 0 Å². The van der Waals surface area contributed by atoms with Crippen LogP contribution in [0.2, 0.25) is 0 Å². The van der Waals surface area contributed by atoms with Crippen molar-refractivity contribution in [3.63, 3.8) is 0 Å². The lowest BCUT2D eigenvalue weighted by Crippen LogP contribution is -2.22. The van der Waals surface area contributed by atoms with E-state index >= 15 is 0 Å². The lowest BCUT2D eigenvalue weighted by molar-refractivity contribution is -0.144. The molecule has 0 fully saturated rings. The maximum absolute atomic E-state index is 12.1. The molecule has 0 aliphatic carbocycles. The number of oxazole rings is 1. The van der Waals surface area contributed by atoms with Crippen LogP contribution < -0.4 is 5.32 Å². The average Bonchev–Trinajstić information content (AvgIpc) is 3.13. The van der Waals surface area contributed by atoms with Crippen molar-refractivity contribution in [3.8, 4) is 0 Å². The highest BCUT2D eigenvalue weighted by Crippen LogP contribution is 2.26. The summed E-state index contributed by atoms with van der Waals surface area (Å²) in [4.78, 5) is 28.3. The van der Waals surface area contributed by atoms with Crippen LogP contribution in [0.15, 0.2) is 58.2 Å². The minimum Gasteiger partial charge on any atom is -0.455 e. The molecule has 28 heavy (non-hydrogen) atoms. The fourth-order valence-corrected chi connectivity index (χ4v) is 3.30. The Hall–Kier alpha value is -2.80. The van der Waals surface area contributed by atoms with Gasteiger partial charge in [0, 0.05) is 5.69 Å². The van der Waals surface area contributed by atoms with E-state index in [1.165, 1.54) is 0 Å². The van der Waals surface area contributed by atoms with Gasteiger partial charge >= 0.3 is 5.97 Å². The monoisotopic (exact) mass is 398 g/mol. The van der Waals surface area contributed by atoms with Gasteiger partial charge in [0.05, 0.1) is 0 Å². The molecule has 3 aromatic rings. The molecule has 1 heterocycles. The van der Waals surface area contributed by atoms with Gasteiger partial charge in [0.25, 0.3) is 11.1 Å². The summed E-state index contributed by atoms with van der Waals surface area (Å²) < 4.78 is 10.6. The number of carbonyl (C=O) groups excluding carboxylic acids is 2. The molecule has 0 spiro atoms. The third kappa shape index (κ3) is 5.13. The van der Waals surface area contributed by atoms with E-state index in [0.717, 1.165) is 35.0 Å². The van der Waals surface area contributed by atoms with E-state index in [0.29, 0.717) is 16.7 Å². The summed E-state index contributed by atoms with van der Waals surface area (Å²) in [6, 6.07) is 15.0. The maximum Gasteiger partial charge on any atom is 0.316 e. The Morgan fingerprint density at radius 3 is 2.71 bits per heavy atom. The number of benzene rings is 2. The molecule has 2 aromatic carbocycles. The standard InChI is InChI=1S/C21H22N2O4S/c1-3-14(2)15-8-4-5-9-16(15)22-19(24)12-26-20(25)13-28-21-23-17-10-6-7-11-18(17)27-21/h4-11,14H,3,12-13H2,1-2H3,(H,22,24)/t14-/m0/s1. The van der Waals surface area contributed by atoms with Crippen molar-refractivity contribution in [2.45, 2.75) is 31.4 Å². The molecule has 0 aliphatic heterocycles. The zero-order valence-corrected chi connectivity index (χ0v) is 16.6. The number of esters is 1. The number of nitrogens with one attached hydrogen (secondary N) is 1. The molecule has 1 N–H and O–H groups in total. The highest BCUT2D eigenvalue weighted by atomic mass is 32.2. The molecule has 146 valence electrons. The summed E-state index contributed by atoms with van der Waals surface area (Å²) >= 11 is 1.14. The SMILES string of the molecule is CC[C@H](C)c1ccccc1NC(=O)COC(=O)CSc1nc2ccccc2o1. The number of hydrogen-bond donors (Lipinski definition) is 1. The molecule has 1 amide bonds. The van der Waals surface area contributed by atoms with Gasteiger partial charge in [-0.2, -0.15) is 0 Å². The van der Waals surface area contributed by atoms with Crippen LogP contribution in [0.25, 0.3) is 11.1 Å². The first kappa shape index (κ1) is 19.9. The second-order valence-electron chi connectivity index (χ2n) is 6.34. The lowest BCUT2D eigenvalue weighted by atomic mass is 9.97. The fraction of sp³-hybridized carbons (Fsp3) is 0.286. The van der Waals surface area contributed by atoms with Gasteiger partial charge in [-0.25, -0.2) is 4.98 Å². The fourth-order valence-electron chi connectivity index (χ4n) is 2.67. The number of para-hydroxylation sites is 3. The molecular weight excluding hydrogens is 376 g/mol. The van der Waals surface area contributed by atoms with Crippen LogP contribution in [0.1, 0.15) is 31.7 Å². The Morgan fingerprint density at radius 2 is 1.93 bits per heavy atom. The van der Waals surface area contributed by atoms with Crippen molar-refractivity contribution in [1.29, 1.82) is 0 Å². The van der Waals surface area contributed by atoms with Crippen LogP contribution in [-0.4, -0.2) is 29.2 Å². The van der Waals surface area contributed by atoms with E-state index in [2.05, 4.69) is 24.1 Å². The van der Waals surface area contributed by atoms with Crippen molar-refractivity contribution >= 4 is 40.4 Å². The van der Waals surface area contributed by atoms with Gasteiger partial charge in [-0.1, -0.05) is 55.9 Å². The number of anilines is 1. The summed E-state index contributed by atoms with van der Waals surface area (Å²) in [5.74, 6) is -0.524. The van der Waals surface area contributed by atoms with E-state index in [4.69, 9.17) is 9.15 Å². The Bertz CT molecular complexity index is 937. The first-order chi connectivity index (χ1) is 13.6. The second-order valence-corrected chi connectivity index (χ2v) is 7.27. The minimum atomic E-state index is -0.502. The molecule has 0 bridgehead atoms. The summed E-state index contributed by atoms with van der Waals surface area (Å²) in [6.45, 7) is 3.87. The van der Waals surface area contributed by atoms with Crippen LogP contribution in [0.3, 0.4) is 0 Å². The molecule has 6 nitrogen and oxygen atoms in total. The Morgan fingerprint density at radius 1 is 1.18 bits per heavy atom. The van der Waals surface area contributed by atoms with Gasteiger partial charge in [-0.15, -0.1) is 0 Å². The highest BCUT2D eigenvalue weighted by molar-refractivity contribution is 7.99. The van der Waals surface area contributed by atoms with Gasteiger partial charge in [0.2, 0.25) is 0 Å². The van der Waals surface area contributed by atoms with Gasteiger partial charge in [-0.3, -0.25) is 9.59 Å². The van der Waals surface area contributed by atoms with Crippen LogP contribution in [0, 0.1) is 0 Å². The van der Waals surface area contributed by atoms with Crippen molar-refractivity contribution in [1.82, 2.24) is 4.98 Å². The lowest BCUT2D eigenvalue weighted by Gasteiger charge is -2.15. The first-order valence-electron chi connectivity index (χ1n) is 9.09. The predicted molar refractivity (Wildman–Crippen MR) is 109 cm³/mol. The van der Waals surface area contributed by atoms with E-state index in [-0.39, 0.29) is 18.3 Å². The van der Waals surface area contributed by atoms with Crippen molar-refractivity contribution < 1.29 is 18.7 Å². The van der Waals surface area contributed by atoms with Gasteiger partial charge < -0.3 is 14.5 Å². The third-order valence-corrected chi connectivity index (χ3v) is 5.13. The summed E-state index contributed by atoms with van der Waals surface area (Å²) in [6.07, 6.45) is 0.967. The quantitative estimate of drug-likeness (QED) is 0.441. The smallest absolute Gasteiger partial charge is 0.316 e. The summed E-state index contributed by atoms with van der Waals surface area (Å²) in [7, 11) is 0. The van der Waals surface area contributed by atoms with E-state index < -0.39 is 5.97 Å². The topological polar surface area (TPSA) is 81.4 Å². The molecule has 0 saturated carbocycles. The zero-order valence-electron chi connectivity index (χ0n) is 15.8. The molecule has 0 unspecified atom stereocenters. The highest BCUT2D eigenvalue weighted by Gasteiger charge is 2.14. The Labute approximate surface area is 167 Å². The number of carbonyl (C=O) groups is 2. The van der Waals surface area contributed by atoms with Crippen molar-refractivity contribution in [2.75, 3.05) is 17.7 Å². The van der Waals surface area contributed by atoms with Gasteiger partial charge in [-0.05, 0) is 36.1 Å². The maximum atomic E-state index is 12.1. The van der Waals surface area contributed by atoms with Crippen molar-refractivity contribution in [2.24, 2.45) is 0 Å². The van der Waals surface area contributed by atoms with Gasteiger partial charge in [0.1, 0.15) is 11.3 Å². The largest absolute Gasteiger partial charge is 0.455 e. The molecule has 3 rings (SSSR count). The number of amides is 1. The number of ether oxygens (including phenoxy) is 1. The summed E-state index contributed by atoms with van der Waals surface area (Å²) in [5.41, 5.74) is 3.21. The minimum absolute atomic E-state index is 0.0174. The summed E-state index contributed by atoms with van der Waals surface area (Å²) in [5, 5.41) is 3.21. The zero-order chi connectivity index (χ0) is 19.9. The Kier molecular flexibility index (Phi) is 6.71. The molecular formula is C21H22N2O4S. The van der Waals surface area contributed by atoms with Crippen LogP contribution >= 0.6 is 11.8 Å². The number of hydrogen-bond acceptors (Lipinski definition) is 6. The number of rotatable bonds is 8. The molecule has 0 saturated heterocycles. The molecule has 7 heteroatoms. The average molecular weight is 398 g/mol. The number of nitrogens with zero attached hydrogens (tertiary/aromatic N) is 1. The number of fused-ring (bicyclic) bond motifs is 1. The van der Waals surface area contributed by atoms with E-state index in [9.17, 15) is 9.59 Å². The number of thioether (sulfide) groups is 1. The normalized spacial score (nSPS) is 11.9. The van der Waals surface area contributed by atoms with Crippen LogP contribution in [-0.2, 0) is 14.3 Å². The van der Waals surface area contributed by atoms with E-state index in [1.807, 2.05) is 48.5 Å². The molecule has 0 aliphatic rings. The molecule has 1 atom stereocenters. The van der Waals surface area contributed by atoms with Gasteiger partial charge in [0.15, 0.2) is 12.2 Å². The second kappa shape index (κ2) is 9.41. The Balaban J connectivity index is 1.47. The molecule has 0 radical (unpaired) electrons. The van der Waals surface area contributed by atoms with E-state index in [1.54, 1.807) is 0 Å². The first-order valence-corrected chi connectivity index (χ1v) is 10.1.